The van der Waals surface area contributed by atoms with Gasteiger partial charge in [-0.3, -0.25) is 0 Å². The second-order valence-corrected chi connectivity index (χ2v) is 3.61. The van der Waals surface area contributed by atoms with E-state index in [0.717, 1.165) is 12.5 Å². The van der Waals surface area contributed by atoms with Crippen LogP contribution in [-0.2, 0) is 19.1 Å². The minimum Gasteiger partial charge on any atom is -0.462 e. The van der Waals surface area contributed by atoms with Crippen molar-refractivity contribution in [2.24, 2.45) is 0 Å². The molecule has 4 heteroatoms. The lowest BCUT2D eigenvalue weighted by Gasteiger charge is -2.02. The standard InChI is InChI=1S/C7H12O2.C6H10O2/c1-4-5-9-7(8)6(2)3;1-4-6(7)8-5(2)3/h2,4-5H2,1,3H3;4-5H,1H2,2-3H3. The lowest BCUT2D eigenvalue weighted by atomic mass is 10.4. The minimum atomic E-state index is -0.361. The highest BCUT2D eigenvalue weighted by Gasteiger charge is 1.99. The van der Waals surface area contributed by atoms with Gasteiger partial charge in [0.1, 0.15) is 0 Å². The maximum Gasteiger partial charge on any atom is 0.333 e. The van der Waals surface area contributed by atoms with E-state index in [1.165, 1.54) is 0 Å². The zero-order chi connectivity index (χ0) is 13.8. The Labute approximate surface area is 103 Å². The normalized spacial score (nSPS) is 8.76. The fraction of sp³-hybridized carbons (Fsp3) is 0.538. The van der Waals surface area contributed by atoms with E-state index in [2.05, 4.69) is 17.9 Å². The summed E-state index contributed by atoms with van der Waals surface area (Å²) >= 11 is 0. The number of carbonyl (C=O) groups is 2. The molecule has 0 amide bonds. The predicted molar refractivity (Wildman–Crippen MR) is 67.5 cm³/mol. The summed E-state index contributed by atoms with van der Waals surface area (Å²) in [4.78, 5) is 20.9. The fourth-order valence-corrected chi connectivity index (χ4v) is 0.598. The SMILES string of the molecule is C=C(C)C(=O)OCCC.C=CC(=O)OC(C)C. The Balaban J connectivity index is 0. The molecular weight excluding hydrogens is 220 g/mol. The number of rotatable bonds is 5. The molecule has 0 spiro atoms. The first kappa shape index (κ1) is 17.8. The van der Waals surface area contributed by atoms with E-state index < -0.39 is 0 Å². The molecule has 4 nitrogen and oxygen atoms in total. The molecule has 0 aliphatic rings. The summed E-state index contributed by atoms with van der Waals surface area (Å²) in [6.45, 7) is 14.3. The molecule has 0 saturated carbocycles. The number of hydrogen-bond acceptors (Lipinski definition) is 4. The van der Waals surface area contributed by atoms with Crippen LogP contribution in [0.15, 0.2) is 24.8 Å². The van der Waals surface area contributed by atoms with E-state index in [-0.39, 0.29) is 18.0 Å². The van der Waals surface area contributed by atoms with Gasteiger partial charge in [0.05, 0.1) is 12.7 Å². The predicted octanol–water partition coefficient (Wildman–Crippen LogP) is 2.64. The summed E-state index contributed by atoms with van der Waals surface area (Å²) in [5, 5.41) is 0. The van der Waals surface area contributed by atoms with Crippen LogP contribution in [0.1, 0.15) is 34.1 Å². The maximum absolute atomic E-state index is 10.6. The Morgan fingerprint density at radius 2 is 1.88 bits per heavy atom. The van der Waals surface area contributed by atoms with Crippen LogP contribution in [0.2, 0.25) is 0 Å². The highest BCUT2D eigenvalue weighted by atomic mass is 16.5. The molecule has 0 aliphatic carbocycles. The minimum absolute atomic E-state index is 0.0412. The summed E-state index contributed by atoms with van der Waals surface area (Å²) in [7, 11) is 0. The summed E-state index contributed by atoms with van der Waals surface area (Å²) in [5.74, 6) is -0.656. The Morgan fingerprint density at radius 1 is 1.35 bits per heavy atom. The van der Waals surface area contributed by atoms with E-state index in [1.807, 2.05) is 6.92 Å². The number of ether oxygens (including phenoxy) is 2. The third-order valence-corrected chi connectivity index (χ3v) is 1.30. The average Bonchev–Trinajstić information content (AvgIpc) is 2.25. The highest BCUT2D eigenvalue weighted by Crippen LogP contribution is 1.92. The fourth-order valence-electron chi connectivity index (χ4n) is 0.598. The quantitative estimate of drug-likeness (QED) is 0.549. The third kappa shape index (κ3) is 14.4. The molecule has 0 bridgehead atoms. The van der Waals surface area contributed by atoms with Gasteiger partial charge in [0.15, 0.2) is 0 Å². The van der Waals surface area contributed by atoms with Gasteiger partial charge in [0.2, 0.25) is 0 Å². The van der Waals surface area contributed by atoms with Crippen molar-refractivity contribution < 1.29 is 19.1 Å². The van der Waals surface area contributed by atoms with Gasteiger partial charge in [0.25, 0.3) is 0 Å². The monoisotopic (exact) mass is 242 g/mol. The summed E-state index contributed by atoms with van der Waals surface area (Å²) in [6.07, 6.45) is 1.97. The lowest BCUT2D eigenvalue weighted by molar-refractivity contribution is -0.141. The third-order valence-electron chi connectivity index (χ3n) is 1.30. The summed E-state index contributed by atoms with van der Waals surface area (Å²) in [6, 6.07) is 0. The topological polar surface area (TPSA) is 52.6 Å². The van der Waals surface area contributed by atoms with Crippen molar-refractivity contribution in [3.8, 4) is 0 Å². The zero-order valence-electron chi connectivity index (χ0n) is 11.1. The van der Waals surface area contributed by atoms with E-state index in [0.29, 0.717) is 12.2 Å². The molecule has 0 aromatic rings. The van der Waals surface area contributed by atoms with Gasteiger partial charge in [-0.25, -0.2) is 9.59 Å². The largest absolute Gasteiger partial charge is 0.462 e. The van der Waals surface area contributed by atoms with Gasteiger partial charge in [-0.2, -0.15) is 0 Å². The van der Waals surface area contributed by atoms with Gasteiger partial charge in [-0.15, -0.1) is 0 Å². The van der Waals surface area contributed by atoms with Crippen molar-refractivity contribution in [3.63, 3.8) is 0 Å². The van der Waals surface area contributed by atoms with Gasteiger partial charge in [-0.05, 0) is 27.2 Å². The Kier molecular flexibility index (Phi) is 11.4. The molecule has 0 heterocycles. The van der Waals surface area contributed by atoms with Gasteiger partial charge in [0, 0.05) is 11.6 Å². The summed E-state index contributed by atoms with van der Waals surface area (Å²) in [5.41, 5.74) is 0.462. The second-order valence-electron chi connectivity index (χ2n) is 3.61. The number of hydrogen-bond donors (Lipinski definition) is 0. The Bertz CT molecular complexity index is 267. The zero-order valence-corrected chi connectivity index (χ0v) is 11.1. The number of carbonyl (C=O) groups excluding carboxylic acids is 2. The number of esters is 2. The van der Waals surface area contributed by atoms with Crippen molar-refractivity contribution in [2.75, 3.05) is 6.61 Å². The summed E-state index contributed by atoms with van der Waals surface area (Å²) < 4.78 is 9.36. The molecule has 17 heavy (non-hydrogen) atoms. The molecule has 0 aromatic carbocycles. The molecule has 0 radical (unpaired) electrons. The van der Waals surface area contributed by atoms with Crippen molar-refractivity contribution in [1.82, 2.24) is 0 Å². The van der Waals surface area contributed by atoms with Crippen molar-refractivity contribution in [1.29, 1.82) is 0 Å². The van der Waals surface area contributed by atoms with Crippen LogP contribution < -0.4 is 0 Å². The van der Waals surface area contributed by atoms with E-state index in [4.69, 9.17) is 4.74 Å². The highest BCUT2D eigenvalue weighted by molar-refractivity contribution is 5.86. The average molecular weight is 242 g/mol. The molecule has 98 valence electrons. The van der Waals surface area contributed by atoms with Crippen LogP contribution in [0.4, 0.5) is 0 Å². The molecule has 0 aromatic heterocycles. The van der Waals surface area contributed by atoms with Crippen molar-refractivity contribution in [3.05, 3.63) is 24.8 Å². The molecule has 0 saturated heterocycles. The van der Waals surface area contributed by atoms with Gasteiger partial charge in [-0.1, -0.05) is 20.1 Å². The van der Waals surface area contributed by atoms with Gasteiger partial charge < -0.3 is 9.47 Å². The first-order valence-electron chi connectivity index (χ1n) is 5.50. The van der Waals surface area contributed by atoms with E-state index in [1.54, 1.807) is 20.8 Å². The first-order valence-corrected chi connectivity index (χ1v) is 5.50. The van der Waals surface area contributed by atoms with Gasteiger partial charge >= 0.3 is 11.9 Å². The van der Waals surface area contributed by atoms with Crippen molar-refractivity contribution >= 4 is 11.9 Å². The smallest absolute Gasteiger partial charge is 0.333 e. The van der Waals surface area contributed by atoms with Crippen LogP contribution in [0.5, 0.6) is 0 Å². The van der Waals surface area contributed by atoms with Crippen molar-refractivity contribution in [2.45, 2.75) is 40.2 Å². The molecule has 0 N–H and O–H groups in total. The molecular formula is C13H22O4. The molecule has 0 rings (SSSR count). The van der Waals surface area contributed by atoms with Crippen LogP contribution in [-0.4, -0.2) is 24.6 Å². The molecule has 0 unspecified atom stereocenters. The van der Waals surface area contributed by atoms with E-state index in [9.17, 15) is 9.59 Å². The molecule has 0 aliphatic heterocycles. The van der Waals surface area contributed by atoms with Crippen LogP contribution in [0.3, 0.4) is 0 Å². The van der Waals surface area contributed by atoms with Crippen LogP contribution >= 0.6 is 0 Å². The van der Waals surface area contributed by atoms with Crippen LogP contribution in [0.25, 0.3) is 0 Å². The Hall–Kier alpha value is -1.58. The molecule has 0 fully saturated rings. The maximum atomic E-state index is 10.6. The molecule has 0 atom stereocenters. The van der Waals surface area contributed by atoms with E-state index >= 15 is 0 Å². The van der Waals surface area contributed by atoms with Crippen LogP contribution in [0, 0.1) is 0 Å². The first-order chi connectivity index (χ1) is 7.84. The Morgan fingerprint density at radius 3 is 2.12 bits per heavy atom. The lowest BCUT2D eigenvalue weighted by Crippen LogP contribution is -2.07. The second kappa shape index (κ2) is 10.9.